The molecule has 1 atom stereocenters. The van der Waals surface area contributed by atoms with E-state index >= 15 is 0 Å². The Morgan fingerprint density at radius 1 is 1.12 bits per heavy atom. The summed E-state index contributed by atoms with van der Waals surface area (Å²) in [6.07, 6.45) is -6.97. The number of hydrogen-bond acceptors (Lipinski definition) is 4. The van der Waals surface area contributed by atoms with E-state index in [0.717, 1.165) is 7.05 Å². The molecule has 0 aliphatic carbocycles. The van der Waals surface area contributed by atoms with Gasteiger partial charge in [-0.05, 0) is 0 Å². The summed E-state index contributed by atoms with van der Waals surface area (Å²) in [4.78, 5) is 0. The van der Waals surface area contributed by atoms with Gasteiger partial charge in [0.1, 0.15) is 6.61 Å². The molecule has 0 aromatic heterocycles. The summed E-state index contributed by atoms with van der Waals surface area (Å²) in [6.45, 7) is -4.59. The van der Waals surface area contributed by atoms with Crippen LogP contribution >= 0.6 is 0 Å². The number of nitrogens with zero attached hydrogens (tertiary/aromatic N) is 1. The lowest BCUT2D eigenvalue weighted by molar-refractivity contribution is -0.346. The molecule has 0 aromatic carbocycles. The monoisotopic (exact) mass is 399 g/mol. The normalized spacial score (nSPS) is 16.0. The van der Waals surface area contributed by atoms with Crippen molar-refractivity contribution in [3.8, 4) is 0 Å². The molecule has 0 radical (unpaired) electrons. The molecular formula is C9H13F8NO5S. The lowest BCUT2D eigenvalue weighted by Crippen LogP contribution is -2.59. The first-order valence-electron chi connectivity index (χ1n) is 5.83. The van der Waals surface area contributed by atoms with Gasteiger partial charge in [0.15, 0.2) is 0 Å². The zero-order chi connectivity index (χ0) is 19.6. The number of aliphatic hydroxyl groups excluding tert-OH is 1. The molecule has 0 bridgehead atoms. The van der Waals surface area contributed by atoms with Crippen LogP contribution in [0.25, 0.3) is 0 Å². The number of rotatable bonds is 10. The molecule has 0 amide bonds. The maximum atomic E-state index is 13.0. The molecule has 0 aliphatic heterocycles. The van der Waals surface area contributed by atoms with Gasteiger partial charge < -0.3 is 9.84 Å². The molecule has 146 valence electrons. The topological polar surface area (TPSA) is 87.1 Å². The first-order valence-corrected chi connectivity index (χ1v) is 7.22. The van der Waals surface area contributed by atoms with E-state index in [1.807, 2.05) is 0 Å². The Bertz CT molecular complexity index is 514. The number of hydrogen-bond donors (Lipinski definition) is 2. The van der Waals surface area contributed by atoms with Crippen LogP contribution in [-0.2, 0) is 15.0 Å². The quantitative estimate of drug-likeness (QED) is 0.427. The summed E-state index contributed by atoms with van der Waals surface area (Å²) >= 11 is 0. The van der Waals surface area contributed by atoms with Crippen molar-refractivity contribution in [2.75, 3.05) is 26.8 Å². The summed E-state index contributed by atoms with van der Waals surface area (Å²) in [5.74, 6) is -18.5. The van der Waals surface area contributed by atoms with Crippen molar-refractivity contribution in [3.63, 3.8) is 0 Å². The third kappa shape index (κ3) is 5.37. The molecule has 2 N–H and O–H groups in total. The number of ether oxygens (including phenoxy) is 1. The predicted octanol–water partition coefficient (Wildman–Crippen LogP) is 1.27. The predicted molar refractivity (Wildman–Crippen MR) is 61.8 cm³/mol. The molecule has 0 saturated heterocycles. The van der Waals surface area contributed by atoms with Crippen molar-refractivity contribution >= 4 is 10.3 Å². The number of aliphatic hydroxyl groups is 1. The Kier molecular flexibility index (Phi) is 7.39. The van der Waals surface area contributed by atoms with E-state index in [1.165, 1.54) is 0 Å². The maximum absolute atomic E-state index is 13.0. The van der Waals surface area contributed by atoms with Crippen LogP contribution < -0.4 is 0 Å². The van der Waals surface area contributed by atoms with Crippen LogP contribution in [-0.4, -0.2) is 79.5 Å². The van der Waals surface area contributed by atoms with Gasteiger partial charge in [-0.1, -0.05) is 0 Å². The van der Waals surface area contributed by atoms with Gasteiger partial charge in [-0.15, -0.1) is 0 Å². The van der Waals surface area contributed by atoms with E-state index in [9.17, 15) is 48.6 Å². The van der Waals surface area contributed by atoms with Crippen molar-refractivity contribution < 1.29 is 57.9 Å². The summed E-state index contributed by atoms with van der Waals surface area (Å²) in [6, 6.07) is 0. The second kappa shape index (κ2) is 7.63. The van der Waals surface area contributed by atoms with Gasteiger partial charge in [-0.3, -0.25) is 4.55 Å². The first-order chi connectivity index (χ1) is 10.5. The Morgan fingerprint density at radius 3 is 1.96 bits per heavy atom. The Morgan fingerprint density at radius 2 is 1.58 bits per heavy atom. The molecule has 0 rings (SSSR count). The Balaban J connectivity index is 4.74. The number of likely N-dealkylation sites (N-methyl/N-ethyl adjacent to an activating group) is 1. The SMILES string of the molecule is CN(CC(O)COCC(F)(F)C(F)(F)C(F)(F)C(F)F)S(=O)(=O)O. The highest BCUT2D eigenvalue weighted by Gasteiger charge is 2.75. The van der Waals surface area contributed by atoms with Crippen LogP contribution in [0.15, 0.2) is 0 Å². The van der Waals surface area contributed by atoms with Gasteiger partial charge in [-0.2, -0.15) is 39.1 Å². The highest BCUT2D eigenvalue weighted by molar-refractivity contribution is 7.83. The summed E-state index contributed by atoms with van der Waals surface area (Å²) in [7, 11) is -3.98. The van der Waals surface area contributed by atoms with Crippen LogP contribution in [0, 0.1) is 0 Å². The number of alkyl halides is 8. The molecule has 0 heterocycles. The zero-order valence-corrected chi connectivity index (χ0v) is 12.6. The minimum absolute atomic E-state index is 0.138. The minimum Gasteiger partial charge on any atom is -0.389 e. The molecular weight excluding hydrogens is 386 g/mol. The van der Waals surface area contributed by atoms with Gasteiger partial charge in [0.05, 0.1) is 12.7 Å². The van der Waals surface area contributed by atoms with E-state index in [4.69, 9.17) is 4.55 Å². The molecule has 1 unspecified atom stereocenters. The molecule has 0 saturated carbocycles. The second-order valence-corrected chi connectivity index (χ2v) is 6.15. The zero-order valence-electron chi connectivity index (χ0n) is 11.8. The lowest BCUT2D eigenvalue weighted by Gasteiger charge is -2.32. The summed E-state index contributed by atoms with van der Waals surface area (Å²) in [5, 5.41) is 9.19. The van der Waals surface area contributed by atoms with E-state index in [1.54, 1.807) is 0 Å². The Hall–Kier alpha value is -0.770. The third-order valence-electron chi connectivity index (χ3n) is 2.61. The average molecular weight is 399 g/mol. The average Bonchev–Trinajstić information content (AvgIpc) is 2.36. The molecule has 15 heteroatoms. The van der Waals surface area contributed by atoms with Crippen molar-refractivity contribution in [2.45, 2.75) is 30.3 Å². The molecule has 24 heavy (non-hydrogen) atoms. The Labute approximate surface area is 130 Å². The largest absolute Gasteiger partial charge is 0.389 e. The molecule has 0 fully saturated rings. The smallest absolute Gasteiger partial charge is 0.380 e. The van der Waals surface area contributed by atoms with Gasteiger partial charge in [0, 0.05) is 13.6 Å². The highest BCUT2D eigenvalue weighted by atomic mass is 32.2. The van der Waals surface area contributed by atoms with Gasteiger partial charge in [0.2, 0.25) is 0 Å². The van der Waals surface area contributed by atoms with Crippen LogP contribution in [0.1, 0.15) is 0 Å². The van der Waals surface area contributed by atoms with Gasteiger partial charge >= 0.3 is 34.5 Å². The van der Waals surface area contributed by atoms with Crippen molar-refractivity contribution in [1.29, 1.82) is 0 Å². The summed E-state index contributed by atoms with van der Waals surface area (Å²) in [5.41, 5.74) is 0. The molecule has 0 spiro atoms. The van der Waals surface area contributed by atoms with E-state index in [0.29, 0.717) is 0 Å². The lowest BCUT2D eigenvalue weighted by atomic mass is 10.1. The molecule has 0 aliphatic rings. The number of halogens is 8. The molecule has 6 nitrogen and oxygen atoms in total. The fraction of sp³-hybridized carbons (Fsp3) is 1.00. The van der Waals surface area contributed by atoms with Crippen LogP contribution in [0.2, 0.25) is 0 Å². The summed E-state index contributed by atoms with van der Waals surface area (Å²) < 4.78 is 134. The van der Waals surface area contributed by atoms with Crippen LogP contribution in [0.4, 0.5) is 35.1 Å². The maximum Gasteiger partial charge on any atom is 0.380 e. The van der Waals surface area contributed by atoms with Crippen LogP contribution in [0.3, 0.4) is 0 Å². The second-order valence-electron chi connectivity index (χ2n) is 4.63. The van der Waals surface area contributed by atoms with Gasteiger partial charge in [-0.25, -0.2) is 8.78 Å². The first kappa shape index (κ1) is 23.2. The van der Waals surface area contributed by atoms with Crippen molar-refractivity contribution in [2.24, 2.45) is 0 Å². The molecule has 0 aromatic rings. The van der Waals surface area contributed by atoms with E-state index in [2.05, 4.69) is 4.74 Å². The standard InChI is InChI=1S/C9H13F8NO5S/c1-18(24(20,21)22)2-5(19)3-23-4-7(12,13)9(16,17)8(14,15)6(10)11/h5-6,19H,2-4H2,1H3,(H,20,21,22). The van der Waals surface area contributed by atoms with Crippen molar-refractivity contribution in [1.82, 2.24) is 4.31 Å². The van der Waals surface area contributed by atoms with Gasteiger partial charge in [0.25, 0.3) is 0 Å². The highest BCUT2D eigenvalue weighted by Crippen LogP contribution is 2.48. The fourth-order valence-corrected chi connectivity index (χ4v) is 1.60. The van der Waals surface area contributed by atoms with Crippen LogP contribution in [0.5, 0.6) is 0 Å². The van der Waals surface area contributed by atoms with Crippen molar-refractivity contribution in [3.05, 3.63) is 0 Å². The van der Waals surface area contributed by atoms with E-state index < -0.39 is 60.4 Å². The van der Waals surface area contributed by atoms with E-state index in [-0.39, 0.29) is 4.31 Å². The minimum atomic E-state index is -6.44. The fourth-order valence-electron chi connectivity index (χ4n) is 1.24. The third-order valence-corrected chi connectivity index (χ3v) is 3.54.